The fraction of sp³-hybridized carbons (Fsp3) is 0.368. The lowest BCUT2D eigenvalue weighted by molar-refractivity contribution is -0.198. The van der Waals surface area contributed by atoms with Gasteiger partial charge in [-0.15, -0.1) is 0 Å². The summed E-state index contributed by atoms with van der Waals surface area (Å²) in [6, 6.07) is 8.21. The largest absolute Gasteiger partial charge is 0.444 e. The Morgan fingerprint density at radius 2 is 1.74 bits per heavy atom. The second-order valence-electron chi connectivity index (χ2n) is 7.88. The maximum atomic E-state index is 14.2. The van der Waals surface area contributed by atoms with Crippen LogP contribution in [0.5, 0.6) is 0 Å². The molecule has 166 valence electrons. The minimum atomic E-state index is -5.43. The highest BCUT2D eigenvalue weighted by molar-refractivity contribution is 6.07. The van der Waals surface area contributed by atoms with Crippen LogP contribution in [0.15, 0.2) is 39.9 Å². The number of hydrogen-bond donors (Lipinski definition) is 3. The minimum Gasteiger partial charge on any atom is -0.444 e. The molecule has 0 fully saturated rings. The van der Waals surface area contributed by atoms with Crippen molar-refractivity contribution in [2.24, 2.45) is 0 Å². The maximum Gasteiger partial charge on any atom is 0.425 e. The van der Waals surface area contributed by atoms with E-state index in [2.05, 4.69) is 0 Å². The van der Waals surface area contributed by atoms with Crippen LogP contribution >= 0.6 is 0 Å². The molecule has 0 radical (unpaired) electrons. The normalized spacial score (nSPS) is 18.3. The van der Waals surface area contributed by atoms with E-state index < -0.39 is 51.9 Å². The molecule has 2 amide bonds. The molecule has 1 aliphatic rings. The molecule has 0 bridgehead atoms. The highest BCUT2D eigenvalue weighted by Gasteiger charge is 2.69. The van der Waals surface area contributed by atoms with Gasteiger partial charge >= 0.3 is 18.0 Å². The number of nitrogens with zero attached hydrogens (tertiary/aromatic N) is 1. The summed E-state index contributed by atoms with van der Waals surface area (Å²) >= 11 is 0. The van der Waals surface area contributed by atoms with E-state index in [1.54, 1.807) is 35.3 Å². The van der Waals surface area contributed by atoms with Gasteiger partial charge in [-0.3, -0.25) is 24.5 Å². The Balaban J connectivity index is 2.21. The first kappa shape index (κ1) is 22.1. The monoisotopic (exact) mass is 440 g/mol. The number of alkyl carbamates (subject to hydrolysis) is 1. The molecule has 9 nitrogen and oxygen atoms in total. The summed E-state index contributed by atoms with van der Waals surface area (Å²) in [7, 11) is 0. The van der Waals surface area contributed by atoms with Crippen LogP contribution in [-0.2, 0) is 21.6 Å². The van der Waals surface area contributed by atoms with Gasteiger partial charge in [-0.25, -0.2) is 9.59 Å². The number of rotatable bonds is 3. The van der Waals surface area contributed by atoms with E-state index in [-0.39, 0.29) is 6.54 Å². The number of aromatic amines is 1. The van der Waals surface area contributed by atoms with Crippen molar-refractivity contribution in [2.75, 3.05) is 5.32 Å². The molecular weight excluding hydrogens is 421 g/mol. The van der Waals surface area contributed by atoms with Crippen LogP contribution in [0.1, 0.15) is 31.9 Å². The molecule has 1 atom stereocenters. The lowest BCUT2D eigenvalue weighted by Gasteiger charge is -2.31. The number of carbonyl (C=O) groups is 2. The van der Waals surface area contributed by atoms with Crippen LogP contribution in [-0.4, -0.2) is 33.3 Å². The number of anilines is 1. The lowest BCUT2D eigenvalue weighted by atomic mass is 9.92. The van der Waals surface area contributed by atoms with Crippen molar-refractivity contribution in [3.8, 4) is 0 Å². The second kappa shape index (κ2) is 7.29. The molecular formula is C19H19F3N4O5. The highest BCUT2D eigenvalue weighted by atomic mass is 19.4. The Morgan fingerprint density at radius 1 is 1.13 bits per heavy atom. The van der Waals surface area contributed by atoms with Crippen LogP contribution < -0.4 is 21.9 Å². The first-order chi connectivity index (χ1) is 14.3. The zero-order chi connectivity index (χ0) is 23.2. The van der Waals surface area contributed by atoms with Gasteiger partial charge in [0.15, 0.2) is 0 Å². The van der Waals surface area contributed by atoms with Gasteiger partial charge in [0.2, 0.25) is 0 Å². The van der Waals surface area contributed by atoms with Crippen LogP contribution in [0.3, 0.4) is 0 Å². The number of H-pyrrole nitrogens is 1. The van der Waals surface area contributed by atoms with E-state index in [4.69, 9.17) is 4.74 Å². The molecule has 12 heteroatoms. The molecule has 0 saturated heterocycles. The van der Waals surface area contributed by atoms with Gasteiger partial charge in [0.1, 0.15) is 17.0 Å². The first-order valence-corrected chi connectivity index (χ1v) is 9.07. The number of alkyl halides is 3. The molecule has 0 aliphatic carbocycles. The summed E-state index contributed by atoms with van der Waals surface area (Å²) in [4.78, 5) is 51.4. The third kappa shape index (κ3) is 3.92. The fourth-order valence-electron chi connectivity index (χ4n) is 3.20. The maximum absolute atomic E-state index is 14.2. The van der Waals surface area contributed by atoms with E-state index in [9.17, 15) is 32.3 Å². The second-order valence-corrected chi connectivity index (χ2v) is 7.88. The SMILES string of the molecule is CC(C)(C)OC(=O)NC1(C(F)(F)F)C(=O)Nc2c1c(=O)[nH]c(=O)n2Cc1ccccc1. The number of benzene rings is 1. The van der Waals surface area contributed by atoms with Crippen LogP contribution in [0.2, 0.25) is 0 Å². The molecule has 1 unspecified atom stereocenters. The molecule has 3 N–H and O–H groups in total. The van der Waals surface area contributed by atoms with Crippen LogP contribution in [0.4, 0.5) is 23.8 Å². The van der Waals surface area contributed by atoms with Gasteiger partial charge in [-0.05, 0) is 26.3 Å². The van der Waals surface area contributed by atoms with E-state index >= 15 is 0 Å². The van der Waals surface area contributed by atoms with Crippen molar-refractivity contribution < 1.29 is 27.5 Å². The Morgan fingerprint density at radius 3 is 2.29 bits per heavy atom. The van der Waals surface area contributed by atoms with Crippen molar-refractivity contribution in [3.05, 3.63) is 62.3 Å². The third-order valence-electron chi connectivity index (χ3n) is 4.44. The molecule has 0 spiro atoms. The fourth-order valence-corrected chi connectivity index (χ4v) is 3.20. The summed E-state index contributed by atoms with van der Waals surface area (Å²) in [5.41, 5.74) is -8.03. The number of ether oxygens (including phenoxy) is 1. The van der Waals surface area contributed by atoms with Crippen LogP contribution in [0, 0.1) is 0 Å². The Kier molecular flexibility index (Phi) is 5.20. The van der Waals surface area contributed by atoms with Crippen molar-refractivity contribution >= 4 is 17.8 Å². The number of halogens is 3. The summed E-state index contributed by atoms with van der Waals surface area (Å²) in [6.07, 6.45) is -6.99. The predicted octanol–water partition coefficient (Wildman–Crippen LogP) is 1.82. The van der Waals surface area contributed by atoms with E-state index in [1.807, 2.05) is 5.32 Å². The summed E-state index contributed by atoms with van der Waals surface area (Å²) in [6.45, 7) is 4.01. The van der Waals surface area contributed by atoms with Crippen molar-refractivity contribution in [1.82, 2.24) is 14.9 Å². The Hall–Kier alpha value is -3.57. The van der Waals surface area contributed by atoms with Crippen molar-refractivity contribution in [1.29, 1.82) is 0 Å². The smallest absolute Gasteiger partial charge is 0.425 e. The third-order valence-corrected chi connectivity index (χ3v) is 4.44. The van der Waals surface area contributed by atoms with E-state index in [0.29, 0.717) is 5.56 Å². The molecule has 1 aromatic heterocycles. The minimum absolute atomic E-state index is 0.237. The molecule has 31 heavy (non-hydrogen) atoms. The quantitative estimate of drug-likeness (QED) is 0.672. The molecule has 3 rings (SSSR count). The van der Waals surface area contributed by atoms with Crippen LogP contribution in [0.25, 0.3) is 0 Å². The van der Waals surface area contributed by atoms with Gasteiger partial charge in [0.05, 0.1) is 6.54 Å². The standard InChI is InChI=1S/C19H19F3N4O5/c1-17(2,3)31-16(30)25-18(19(20,21)22)11-12(23-14(18)28)26(15(29)24-13(11)27)9-10-7-5-4-6-8-10/h4-8H,9H2,1-3H3,(H,23,28)(H,25,30)(H,24,27,29). The van der Waals surface area contributed by atoms with Crippen molar-refractivity contribution in [3.63, 3.8) is 0 Å². The van der Waals surface area contributed by atoms with Crippen molar-refractivity contribution in [2.45, 2.75) is 44.6 Å². The highest BCUT2D eigenvalue weighted by Crippen LogP contribution is 2.45. The zero-order valence-electron chi connectivity index (χ0n) is 16.7. The predicted molar refractivity (Wildman–Crippen MR) is 103 cm³/mol. The number of nitrogens with one attached hydrogen (secondary N) is 3. The average Bonchev–Trinajstić information content (AvgIpc) is 2.91. The summed E-state index contributed by atoms with van der Waals surface area (Å²) in [5.74, 6) is -2.39. The summed E-state index contributed by atoms with van der Waals surface area (Å²) in [5, 5.41) is 3.46. The molecule has 1 aromatic carbocycles. The first-order valence-electron chi connectivity index (χ1n) is 9.07. The average molecular weight is 440 g/mol. The number of fused-ring (bicyclic) bond motifs is 1. The topological polar surface area (TPSA) is 122 Å². The molecule has 2 aromatic rings. The number of hydrogen-bond acceptors (Lipinski definition) is 5. The lowest BCUT2D eigenvalue weighted by Crippen LogP contribution is -2.62. The summed E-state index contributed by atoms with van der Waals surface area (Å²) < 4.78 is 48.3. The zero-order valence-corrected chi connectivity index (χ0v) is 16.7. The number of carbonyl (C=O) groups excluding carboxylic acids is 2. The van der Waals surface area contributed by atoms with Gasteiger partial charge in [-0.2, -0.15) is 13.2 Å². The Bertz CT molecular complexity index is 1150. The van der Waals surface area contributed by atoms with Gasteiger partial charge in [-0.1, -0.05) is 30.3 Å². The van der Waals surface area contributed by atoms with Gasteiger partial charge in [0.25, 0.3) is 17.0 Å². The number of aromatic nitrogens is 2. The molecule has 0 saturated carbocycles. The molecule has 2 heterocycles. The Labute approximate surface area is 173 Å². The van der Waals surface area contributed by atoms with Gasteiger partial charge in [0, 0.05) is 0 Å². The number of amides is 2. The van der Waals surface area contributed by atoms with E-state index in [1.165, 1.54) is 26.1 Å². The molecule has 1 aliphatic heterocycles. The van der Waals surface area contributed by atoms with E-state index in [0.717, 1.165) is 4.57 Å². The van der Waals surface area contributed by atoms with Gasteiger partial charge < -0.3 is 10.1 Å².